The first-order valence-corrected chi connectivity index (χ1v) is 4.17. The lowest BCUT2D eigenvalue weighted by Gasteiger charge is -2.06. The molecule has 0 atom stereocenters. The molecule has 0 spiro atoms. The van der Waals surface area contributed by atoms with Crippen molar-refractivity contribution in [3.63, 3.8) is 0 Å². The molecule has 1 rings (SSSR count). The van der Waals surface area contributed by atoms with Crippen molar-refractivity contribution in [1.29, 1.82) is 0 Å². The molecule has 14 heavy (non-hydrogen) atoms. The minimum Gasteiger partial charge on any atom is -0.465 e. The zero-order valence-corrected chi connectivity index (χ0v) is 7.80. The van der Waals surface area contributed by atoms with Crippen LogP contribution < -0.4 is 0 Å². The smallest absolute Gasteiger partial charge is 0.456 e. The van der Waals surface area contributed by atoms with E-state index in [2.05, 4.69) is 4.74 Å². The predicted octanol–water partition coefficient (Wildman–Crippen LogP) is 0.0277. The number of carbonyl (C=O) groups excluding carboxylic acids is 1. The molecule has 0 saturated carbocycles. The normalized spacial score (nSPS) is 9.64. The van der Waals surface area contributed by atoms with Gasteiger partial charge in [-0.2, -0.15) is 0 Å². The third-order valence-corrected chi connectivity index (χ3v) is 1.83. The highest BCUT2D eigenvalue weighted by Gasteiger charge is 2.15. The molecule has 0 heterocycles. The van der Waals surface area contributed by atoms with Gasteiger partial charge < -0.3 is 14.8 Å². The summed E-state index contributed by atoms with van der Waals surface area (Å²) in [5, 5.41) is 17.6. The van der Waals surface area contributed by atoms with Gasteiger partial charge in [-0.05, 0) is 11.6 Å². The lowest BCUT2D eigenvalue weighted by molar-refractivity contribution is 0.0600. The third kappa shape index (κ3) is 2.58. The number of hydrogen-bond donors (Lipinski definition) is 2. The number of rotatable bonds is 3. The minimum atomic E-state index is -1.46. The van der Waals surface area contributed by atoms with E-state index in [9.17, 15) is 4.79 Å². The summed E-state index contributed by atoms with van der Waals surface area (Å²) < 4.78 is 4.56. The van der Waals surface area contributed by atoms with E-state index in [0.29, 0.717) is 11.1 Å². The van der Waals surface area contributed by atoms with Gasteiger partial charge in [-0.1, -0.05) is 18.2 Å². The van der Waals surface area contributed by atoms with Crippen molar-refractivity contribution in [1.82, 2.24) is 0 Å². The fourth-order valence-electron chi connectivity index (χ4n) is 1.20. The van der Waals surface area contributed by atoms with Gasteiger partial charge in [-0.25, -0.2) is 4.79 Å². The summed E-state index contributed by atoms with van der Waals surface area (Å²) in [6.07, 6.45) is 0.0191. The van der Waals surface area contributed by atoms with E-state index in [1.54, 1.807) is 24.3 Å². The molecule has 5 heteroatoms. The molecule has 0 aliphatic rings. The number of methoxy groups -OCH3 is 1. The van der Waals surface area contributed by atoms with Crippen molar-refractivity contribution in [2.75, 3.05) is 7.11 Å². The Kier molecular flexibility index (Phi) is 3.68. The Balaban J connectivity index is 2.97. The summed E-state index contributed by atoms with van der Waals surface area (Å²) in [5.74, 6) is -0.471. The molecule has 1 aromatic carbocycles. The van der Waals surface area contributed by atoms with Crippen LogP contribution in [-0.4, -0.2) is 30.2 Å². The SMILES string of the molecule is COC(=O)c1ccccc1CB(O)O. The lowest BCUT2D eigenvalue weighted by atomic mass is 9.80. The van der Waals surface area contributed by atoms with Crippen LogP contribution in [0.3, 0.4) is 0 Å². The molecule has 0 aromatic heterocycles. The van der Waals surface area contributed by atoms with Crippen LogP contribution in [0.1, 0.15) is 15.9 Å². The molecule has 1 aromatic rings. The van der Waals surface area contributed by atoms with Gasteiger partial charge in [0.2, 0.25) is 0 Å². The van der Waals surface area contributed by atoms with Gasteiger partial charge in [0.1, 0.15) is 0 Å². The fourth-order valence-corrected chi connectivity index (χ4v) is 1.20. The van der Waals surface area contributed by atoms with Gasteiger partial charge >= 0.3 is 13.1 Å². The van der Waals surface area contributed by atoms with Crippen molar-refractivity contribution in [3.05, 3.63) is 35.4 Å². The first-order valence-electron chi connectivity index (χ1n) is 4.17. The van der Waals surface area contributed by atoms with Crippen LogP contribution in [-0.2, 0) is 11.1 Å². The van der Waals surface area contributed by atoms with Crippen LogP contribution in [0, 0.1) is 0 Å². The highest BCUT2D eigenvalue weighted by atomic mass is 16.5. The Hall–Kier alpha value is -1.33. The summed E-state index contributed by atoms with van der Waals surface area (Å²) in [5.41, 5.74) is 0.928. The van der Waals surface area contributed by atoms with Gasteiger partial charge in [0.25, 0.3) is 0 Å². The molecule has 74 valence electrons. The maximum absolute atomic E-state index is 11.2. The standard InChI is InChI=1S/C9H11BO4/c1-14-9(11)8-5-3-2-4-7(8)6-10(12)13/h2-5,12-13H,6H2,1H3. The molecule has 0 aliphatic carbocycles. The summed E-state index contributed by atoms with van der Waals surface area (Å²) >= 11 is 0. The van der Waals surface area contributed by atoms with E-state index in [-0.39, 0.29) is 6.32 Å². The first kappa shape index (κ1) is 10.8. The second-order valence-corrected chi connectivity index (χ2v) is 2.83. The first-order chi connectivity index (χ1) is 6.65. The lowest BCUT2D eigenvalue weighted by Crippen LogP contribution is -2.18. The molecular formula is C9H11BO4. The molecule has 0 unspecified atom stereocenters. The van der Waals surface area contributed by atoms with Crippen LogP contribution in [0.15, 0.2) is 24.3 Å². The highest BCUT2D eigenvalue weighted by molar-refractivity contribution is 6.40. The van der Waals surface area contributed by atoms with E-state index >= 15 is 0 Å². The average Bonchev–Trinajstić information content (AvgIpc) is 2.16. The van der Waals surface area contributed by atoms with Crippen molar-refractivity contribution in [2.24, 2.45) is 0 Å². The monoisotopic (exact) mass is 194 g/mol. The summed E-state index contributed by atoms with van der Waals surface area (Å²) in [6.45, 7) is 0. The van der Waals surface area contributed by atoms with E-state index < -0.39 is 13.1 Å². The van der Waals surface area contributed by atoms with Gasteiger partial charge in [0, 0.05) is 6.32 Å². The van der Waals surface area contributed by atoms with E-state index in [0.717, 1.165) is 0 Å². The molecule has 4 nitrogen and oxygen atoms in total. The van der Waals surface area contributed by atoms with Gasteiger partial charge in [0.15, 0.2) is 0 Å². The van der Waals surface area contributed by atoms with Crippen molar-refractivity contribution < 1.29 is 19.6 Å². The Morgan fingerprint density at radius 2 is 2.07 bits per heavy atom. The molecule has 2 N–H and O–H groups in total. The quantitative estimate of drug-likeness (QED) is 0.526. The van der Waals surface area contributed by atoms with Crippen molar-refractivity contribution in [2.45, 2.75) is 6.32 Å². The van der Waals surface area contributed by atoms with E-state index in [1.165, 1.54) is 7.11 Å². The molecule has 0 radical (unpaired) electrons. The molecule has 0 aliphatic heterocycles. The Labute approximate surface area is 82.3 Å². The van der Waals surface area contributed by atoms with Crippen LogP contribution in [0.5, 0.6) is 0 Å². The summed E-state index contributed by atoms with van der Waals surface area (Å²) in [7, 11) is -0.171. The van der Waals surface area contributed by atoms with Crippen molar-refractivity contribution >= 4 is 13.1 Å². The average molecular weight is 194 g/mol. The second-order valence-electron chi connectivity index (χ2n) is 2.83. The van der Waals surface area contributed by atoms with Crippen molar-refractivity contribution in [3.8, 4) is 0 Å². The second kappa shape index (κ2) is 4.78. The number of benzene rings is 1. The fraction of sp³-hybridized carbons (Fsp3) is 0.222. The van der Waals surface area contributed by atoms with Gasteiger partial charge in [-0.15, -0.1) is 0 Å². The number of hydrogen-bond acceptors (Lipinski definition) is 4. The van der Waals surface area contributed by atoms with Crippen LogP contribution >= 0.6 is 0 Å². The van der Waals surface area contributed by atoms with Crippen LogP contribution in [0.4, 0.5) is 0 Å². The molecule has 0 fully saturated rings. The number of carbonyl (C=O) groups is 1. The molecule has 0 saturated heterocycles. The highest BCUT2D eigenvalue weighted by Crippen LogP contribution is 2.10. The zero-order valence-electron chi connectivity index (χ0n) is 7.80. The third-order valence-electron chi connectivity index (χ3n) is 1.83. The molecule has 0 bridgehead atoms. The van der Waals surface area contributed by atoms with E-state index in [1.807, 2.05) is 0 Å². The summed E-state index contributed by atoms with van der Waals surface area (Å²) in [6, 6.07) is 6.67. The Bertz CT molecular complexity index is 324. The Morgan fingerprint density at radius 3 is 2.64 bits per heavy atom. The Morgan fingerprint density at radius 1 is 1.43 bits per heavy atom. The maximum atomic E-state index is 11.2. The predicted molar refractivity (Wildman–Crippen MR) is 51.7 cm³/mol. The maximum Gasteiger partial charge on any atom is 0.456 e. The topological polar surface area (TPSA) is 66.8 Å². The molecule has 0 amide bonds. The summed E-state index contributed by atoms with van der Waals surface area (Å²) in [4.78, 5) is 11.2. The van der Waals surface area contributed by atoms with Gasteiger partial charge in [0.05, 0.1) is 12.7 Å². The van der Waals surface area contributed by atoms with Crippen LogP contribution in [0.25, 0.3) is 0 Å². The van der Waals surface area contributed by atoms with Crippen LogP contribution in [0.2, 0.25) is 0 Å². The number of esters is 1. The zero-order chi connectivity index (χ0) is 10.6. The van der Waals surface area contributed by atoms with E-state index in [4.69, 9.17) is 10.0 Å². The minimum absolute atomic E-state index is 0.0191. The number of ether oxygens (including phenoxy) is 1. The van der Waals surface area contributed by atoms with Gasteiger partial charge in [-0.3, -0.25) is 0 Å². The largest absolute Gasteiger partial charge is 0.465 e. The molecular weight excluding hydrogens is 183 g/mol.